The minimum Gasteiger partial charge on any atom is -0.429 e. The summed E-state index contributed by atoms with van der Waals surface area (Å²) in [7, 11) is 0. The Balaban J connectivity index is 1.76. The van der Waals surface area contributed by atoms with Gasteiger partial charge in [-0.05, 0) is 55.2 Å². The monoisotopic (exact) mass is 526 g/mol. The lowest BCUT2D eigenvalue weighted by molar-refractivity contribution is -0.187. The molecule has 0 atom stereocenters. The van der Waals surface area contributed by atoms with E-state index in [0.717, 1.165) is 50.7 Å². The van der Waals surface area contributed by atoms with Crippen molar-refractivity contribution < 1.29 is 49.0 Å². The number of hydrogen-bond donors (Lipinski definition) is 0. The smallest absolute Gasteiger partial charge is 0.429 e. The van der Waals surface area contributed by atoms with Crippen molar-refractivity contribution in [1.29, 1.82) is 0 Å². The van der Waals surface area contributed by atoms with Crippen molar-refractivity contribution in [1.82, 2.24) is 0 Å². The zero-order valence-electron chi connectivity index (χ0n) is 19.1. The molecule has 0 amide bonds. The average Bonchev–Trinajstić information content (AvgIpc) is 2.75. The predicted molar refractivity (Wildman–Crippen MR) is 113 cm³/mol. The van der Waals surface area contributed by atoms with Gasteiger partial charge in [-0.2, -0.15) is 26.3 Å². The molecule has 1 aliphatic carbocycles. The van der Waals surface area contributed by atoms with Crippen LogP contribution in [-0.2, 0) is 6.11 Å². The van der Waals surface area contributed by atoms with Gasteiger partial charge in [-0.3, -0.25) is 0 Å². The van der Waals surface area contributed by atoms with Crippen LogP contribution in [0.25, 0.3) is 0 Å². The zero-order chi connectivity index (χ0) is 26.7. The summed E-state index contributed by atoms with van der Waals surface area (Å²) in [6, 6.07) is 3.32. The van der Waals surface area contributed by atoms with Gasteiger partial charge in [0.05, 0.1) is 11.6 Å². The summed E-state index contributed by atoms with van der Waals surface area (Å²) in [4.78, 5) is 0. The van der Waals surface area contributed by atoms with Gasteiger partial charge in [-0.25, -0.2) is 13.2 Å². The van der Waals surface area contributed by atoms with E-state index in [2.05, 4.69) is 16.4 Å². The summed E-state index contributed by atoms with van der Waals surface area (Å²) in [6.07, 6.45) is -7.34. The molecule has 36 heavy (non-hydrogen) atoms. The first-order valence-corrected chi connectivity index (χ1v) is 11.3. The van der Waals surface area contributed by atoms with Crippen LogP contribution in [0.5, 0.6) is 11.5 Å². The van der Waals surface area contributed by atoms with Gasteiger partial charge in [0.25, 0.3) is 6.08 Å². The van der Waals surface area contributed by atoms with Gasteiger partial charge >= 0.3 is 12.2 Å². The van der Waals surface area contributed by atoms with Crippen LogP contribution in [-0.4, -0.2) is 6.11 Å². The van der Waals surface area contributed by atoms with Gasteiger partial charge < -0.3 is 9.47 Å². The molecule has 2 aromatic rings. The molecule has 0 radical (unpaired) electrons. The number of benzene rings is 2. The van der Waals surface area contributed by atoms with Gasteiger partial charge in [0.15, 0.2) is 17.4 Å². The normalized spacial score (nSPS) is 18.6. The van der Waals surface area contributed by atoms with Crippen molar-refractivity contribution in [3.05, 3.63) is 71.1 Å². The highest BCUT2D eigenvalue weighted by molar-refractivity contribution is 5.37. The molecule has 0 spiro atoms. The molecule has 2 aromatic carbocycles. The highest BCUT2D eigenvalue weighted by Crippen LogP contribution is 2.41. The molecule has 0 heterocycles. The lowest BCUT2D eigenvalue weighted by atomic mass is 9.77. The molecule has 0 aliphatic heterocycles. The van der Waals surface area contributed by atoms with E-state index in [4.69, 9.17) is 0 Å². The van der Waals surface area contributed by atoms with Crippen LogP contribution < -0.4 is 9.47 Å². The zero-order valence-corrected chi connectivity index (χ0v) is 19.1. The van der Waals surface area contributed by atoms with Gasteiger partial charge in [0, 0.05) is 12.1 Å². The van der Waals surface area contributed by atoms with Crippen LogP contribution >= 0.6 is 0 Å². The third-order valence-electron chi connectivity index (χ3n) is 6.05. The Kier molecular flexibility index (Phi) is 8.51. The molecule has 0 unspecified atom stereocenters. The first-order chi connectivity index (χ1) is 16.8. The highest BCUT2D eigenvalue weighted by atomic mass is 19.3. The van der Waals surface area contributed by atoms with Crippen LogP contribution in [0, 0.1) is 23.4 Å². The average molecular weight is 526 g/mol. The van der Waals surface area contributed by atoms with E-state index in [9.17, 15) is 39.5 Å². The molecule has 1 fully saturated rings. The third-order valence-corrected chi connectivity index (χ3v) is 6.05. The number of ether oxygens (including phenoxy) is 2. The van der Waals surface area contributed by atoms with E-state index < -0.39 is 58.9 Å². The second-order valence-electron chi connectivity index (χ2n) is 8.68. The molecule has 0 N–H and O–H groups in total. The highest BCUT2D eigenvalue weighted by Gasteiger charge is 2.39. The topological polar surface area (TPSA) is 18.5 Å². The summed E-state index contributed by atoms with van der Waals surface area (Å²) in [6.45, 7) is 2.10. The van der Waals surface area contributed by atoms with Crippen LogP contribution in [0.1, 0.15) is 62.5 Å². The Morgan fingerprint density at radius 3 is 2.03 bits per heavy atom. The maximum absolute atomic E-state index is 14.6. The number of hydrogen-bond acceptors (Lipinski definition) is 2. The largest absolute Gasteiger partial charge is 0.429 e. The Bertz CT molecular complexity index is 1070. The van der Waals surface area contributed by atoms with E-state index in [0.29, 0.717) is 11.5 Å². The first kappa shape index (κ1) is 27.7. The Morgan fingerprint density at radius 2 is 1.50 bits per heavy atom. The maximum atomic E-state index is 14.6. The molecule has 3 rings (SSSR count). The minimum absolute atomic E-state index is 0.0192. The van der Waals surface area contributed by atoms with Crippen molar-refractivity contribution in [3.63, 3.8) is 0 Å². The van der Waals surface area contributed by atoms with E-state index >= 15 is 0 Å². The van der Waals surface area contributed by atoms with Crippen LogP contribution in [0.4, 0.5) is 39.5 Å². The Labute approximate surface area is 201 Å². The standard InChI is InChI=1S/C25H23F9O2/c1-2-3-14-4-6-15(7-5-14)16-8-9-18(19(26)10-16)25(33,34)35-17-11-20(27)23(21(28)12-17)36-24(31,32)13-22(29)30/h8-15H,2-7H2,1H3. The second kappa shape index (κ2) is 11.0. The fourth-order valence-electron chi connectivity index (χ4n) is 4.40. The van der Waals surface area contributed by atoms with Crippen LogP contribution in [0.3, 0.4) is 0 Å². The third kappa shape index (κ3) is 6.88. The SMILES string of the molecule is CCCC1CCC(c2ccc(C(F)(F)Oc3cc(F)c(OC(F)(F)C=C(F)F)c(F)c3)c(F)c2)CC1. The molecule has 0 bridgehead atoms. The lowest BCUT2D eigenvalue weighted by Crippen LogP contribution is -2.25. The molecule has 0 saturated heterocycles. The summed E-state index contributed by atoms with van der Waals surface area (Å²) in [5, 5.41) is 0. The van der Waals surface area contributed by atoms with Crippen molar-refractivity contribution in [3.8, 4) is 11.5 Å². The van der Waals surface area contributed by atoms with E-state index in [1.165, 1.54) is 6.07 Å². The minimum atomic E-state index is -4.78. The number of rotatable bonds is 9. The lowest BCUT2D eigenvalue weighted by Gasteiger charge is -2.29. The first-order valence-electron chi connectivity index (χ1n) is 11.3. The van der Waals surface area contributed by atoms with Crippen LogP contribution in [0.2, 0.25) is 0 Å². The van der Waals surface area contributed by atoms with Crippen molar-refractivity contribution >= 4 is 0 Å². The number of halogens is 9. The maximum Gasteiger partial charge on any atom is 0.429 e. The van der Waals surface area contributed by atoms with E-state index in [1.54, 1.807) is 0 Å². The molecule has 11 heteroatoms. The molecular weight excluding hydrogens is 503 g/mol. The molecule has 198 valence electrons. The molecule has 1 saturated carbocycles. The van der Waals surface area contributed by atoms with Crippen molar-refractivity contribution in [2.45, 2.75) is 63.6 Å². The quantitative estimate of drug-likeness (QED) is 0.304. The van der Waals surface area contributed by atoms with Gasteiger partial charge in [0.2, 0.25) is 0 Å². The van der Waals surface area contributed by atoms with Gasteiger partial charge in [-0.1, -0.05) is 25.8 Å². The predicted octanol–water partition coefficient (Wildman–Crippen LogP) is 9.06. The molecular formula is C25H23F9O2. The summed E-state index contributed by atoms with van der Waals surface area (Å²) < 4.78 is 131. The van der Waals surface area contributed by atoms with Gasteiger partial charge in [-0.15, -0.1) is 0 Å². The van der Waals surface area contributed by atoms with E-state index in [-0.39, 0.29) is 18.1 Å². The number of alkyl halides is 4. The van der Waals surface area contributed by atoms with Crippen LogP contribution in [0.15, 0.2) is 42.5 Å². The Morgan fingerprint density at radius 1 is 0.889 bits per heavy atom. The fraction of sp³-hybridized carbons (Fsp3) is 0.440. The summed E-state index contributed by atoms with van der Waals surface area (Å²) in [5.74, 6) is -7.49. The summed E-state index contributed by atoms with van der Waals surface area (Å²) >= 11 is 0. The van der Waals surface area contributed by atoms with Crippen molar-refractivity contribution in [2.24, 2.45) is 5.92 Å². The second-order valence-corrected chi connectivity index (χ2v) is 8.68. The van der Waals surface area contributed by atoms with E-state index in [1.807, 2.05) is 0 Å². The van der Waals surface area contributed by atoms with Gasteiger partial charge in [0.1, 0.15) is 11.6 Å². The van der Waals surface area contributed by atoms with Crippen molar-refractivity contribution in [2.75, 3.05) is 0 Å². The molecule has 1 aliphatic rings. The fourth-order valence-corrected chi connectivity index (χ4v) is 4.40. The Hall–Kier alpha value is -2.85. The molecule has 0 aromatic heterocycles. The summed E-state index contributed by atoms with van der Waals surface area (Å²) in [5.41, 5.74) is -0.637. The molecule has 2 nitrogen and oxygen atoms in total.